The van der Waals surface area contributed by atoms with E-state index in [4.69, 9.17) is 9.47 Å². The minimum atomic E-state index is -0.631. The number of aliphatic hydroxyl groups excluding tert-OH is 1. The lowest BCUT2D eigenvalue weighted by Gasteiger charge is -2.26. The van der Waals surface area contributed by atoms with Gasteiger partial charge in [0.25, 0.3) is 0 Å². The maximum atomic E-state index is 10.3. The summed E-state index contributed by atoms with van der Waals surface area (Å²) < 4.78 is 12.9. The van der Waals surface area contributed by atoms with E-state index in [-0.39, 0.29) is 5.60 Å². The third kappa shape index (κ3) is 4.05. The van der Waals surface area contributed by atoms with Crippen LogP contribution in [-0.2, 0) is 16.0 Å². The fourth-order valence-corrected chi connectivity index (χ4v) is 2.27. The van der Waals surface area contributed by atoms with Crippen molar-refractivity contribution in [2.45, 2.75) is 38.5 Å². The molecule has 0 aromatic carbocycles. The summed E-state index contributed by atoms with van der Waals surface area (Å²) >= 11 is 3.41. The average molecular weight is 321 g/mol. The van der Waals surface area contributed by atoms with Crippen molar-refractivity contribution < 1.29 is 14.6 Å². The van der Waals surface area contributed by atoms with Gasteiger partial charge in [-0.2, -0.15) is 5.10 Å². The van der Waals surface area contributed by atoms with E-state index < -0.39 is 6.10 Å². The summed E-state index contributed by atoms with van der Waals surface area (Å²) in [5.74, 6) is 0. The van der Waals surface area contributed by atoms with Crippen LogP contribution >= 0.6 is 15.9 Å². The summed E-state index contributed by atoms with van der Waals surface area (Å²) in [4.78, 5) is 0. The third-order valence-corrected chi connectivity index (χ3v) is 3.50. The van der Waals surface area contributed by atoms with Gasteiger partial charge < -0.3 is 14.6 Å². The highest BCUT2D eigenvalue weighted by Gasteiger charge is 2.26. The molecule has 0 aliphatic carbocycles. The van der Waals surface area contributed by atoms with E-state index in [0.29, 0.717) is 19.6 Å². The zero-order chi connectivity index (χ0) is 13.8. The van der Waals surface area contributed by atoms with Crippen LogP contribution in [0.2, 0.25) is 0 Å². The predicted molar refractivity (Wildman–Crippen MR) is 72.5 cm³/mol. The first kappa shape index (κ1) is 15.6. The highest BCUT2D eigenvalue weighted by Crippen LogP contribution is 2.30. The van der Waals surface area contributed by atoms with Gasteiger partial charge in [-0.1, -0.05) is 0 Å². The molecule has 1 atom stereocenters. The Hall–Kier alpha value is -0.430. The topological polar surface area (TPSA) is 56.5 Å². The maximum absolute atomic E-state index is 10.3. The molecule has 0 bridgehead atoms. The van der Waals surface area contributed by atoms with E-state index in [1.807, 2.05) is 13.8 Å². The van der Waals surface area contributed by atoms with E-state index in [1.165, 1.54) is 0 Å². The highest BCUT2D eigenvalue weighted by atomic mass is 79.9. The summed E-state index contributed by atoms with van der Waals surface area (Å²) in [6.07, 6.45) is 1.56. The molecule has 0 spiro atoms. The number of halogens is 1. The number of aromatic nitrogens is 2. The standard InChI is InChI=1S/C12H21BrN2O3/c1-12(2,18-4)7-10(16)11-9(13)8-14-15(11)5-6-17-3/h8,10,16H,5-7H2,1-4H3. The summed E-state index contributed by atoms with van der Waals surface area (Å²) in [5, 5.41) is 14.5. The lowest BCUT2D eigenvalue weighted by molar-refractivity contribution is -0.0223. The molecule has 18 heavy (non-hydrogen) atoms. The Labute approximate surface area is 116 Å². The van der Waals surface area contributed by atoms with Gasteiger partial charge in [-0.15, -0.1) is 0 Å². The van der Waals surface area contributed by atoms with Crippen molar-refractivity contribution in [2.75, 3.05) is 20.8 Å². The van der Waals surface area contributed by atoms with E-state index in [9.17, 15) is 5.11 Å². The summed E-state index contributed by atoms with van der Waals surface area (Å²) in [7, 11) is 3.28. The van der Waals surface area contributed by atoms with Crippen molar-refractivity contribution in [1.82, 2.24) is 9.78 Å². The Bertz CT molecular complexity index is 379. The molecule has 6 heteroatoms. The lowest BCUT2D eigenvalue weighted by Crippen LogP contribution is -2.26. The minimum absolute atomic E-state index is 0.380. The highest BCUT2D eigenvalue weighted by molar-refractivity contribution is 9.10. The van der Waals surface area contributed by atoms with Crippen molar-refractivity contribution >= 4 is 15.9 Å². The smallest absolute Gasteiger partial charge is 0.0995 e. The molecule has 104 valence electrons. The molecule has 5 nitrogen and oxygen atoms in total. The van der Waals surface area contributed by atoms with Crippen LogP contribution < -0.4 is 0 Å². The monoisotopic (exact) mass is 320 g/mol. The second-order valence-electron chi connectivity index (χ2n) is 4.78. The largest absolute Gasteiger partial charge is 0.387 e. The minimum Gasteiger partial charge on any atom is -0.387 e. The first-order chi connectivity index (χ1) is 8.41. The second kappa shape index (κ2) is 6.65. The number of rotatable bonds is 7. The fraction of sp³-hybridized carbons (Fsp3) is 0.750. The maximum Gasteiger partial charge on any atom is 0.0995 e. The molecule has 0 aliphatic rings. The first-order valence-corrected chi connectivity index (χ1v) is 6.64. The molecular weight excluding hydrogens is 300 g/mol. The number of nitrogens with zero attached hydrogens (tertiary/aromatic N) is 2. The molecule has 0 aliphatic heterocycles. The zero-order valence-corrected chi connectivity index (χ0v) is 12.9. The number of ether oxygens (including phenoxy) is 2. The quantitative estimate of drug-likeness (QED) is 0.836. The van der Waals surface area contributed by atoms with Crippen LogP contribution in [0.3, 0.4) is 0 Å². The number of hydrogen-bond donors (Lipinski definition) is 1. The van der Waals surface area contributed by atoms with Crippen molar-refractivity contribution in [3.63, 3.8) is 0 Å². The molecule has 1 aromatic heterocycles. The Morgan fingerprint density at radius 2 is 2.17 bits per heavy atom. The Morgan fingerprint density at radius 1 is 1.50 bits per heavy atom. The second-order valence-corrected chi connectivity index (χ2v) is 5.63. The van der Waals surface area contributed by atoms with Crippen LogP contribution in [0.1, 0.15) is 32.1 Å². The third-order valence-electron chi connectivity index (χ3n) is 2.89. The van der Waals surface area contributed by atoms with Gasteiger partial charge in [-0.05, 0) is 29.8 Å². The van der Waals surface area contributed by atoms with Crippen LogP contribution in [0, 0.1) is 0 Å². The normalized spacial score (nSPS) is 13.9. The van der Waals surface area contributed by atoms with Crippen LogP contribution in [0.25, 0.3) is 0 Å². The average Bonchev–Trinajstić information content (AvgIpc) is 2.67. The van der Waals surface area contributed by atoms with Crippen molar-refractivity contribution in [3.05, 3.63) is 16.4 Å². The van der Waals surface area contributed by atoms with Crippen LogP contribution in [0.4, 0.5) is 0 Å². The van der Waals surface area contributed by atoms with E-state index >= 15 is 0 Å². The van der Waals surface area contributed by atoms with E-state index in [1.54, 1.807) is 25.1 Å². The summed E-state index contributed by atoms with van der Waals surface area (Å²) in [5.41, 5.74) is 0.382. The molecule has 1 aromatic rings. The van der Waals surface area contributed by atoms with Crippen LogP contribution in [0.5, 0.6) is 0 Å². The lowest BCUT2D eigenvalue weighted by atomic mass is 9.99. The van der Waals surface area contributed by atoms with Gasteiger partial charge in [-0.25, -0.2) is 0 Å². The molecule has 1 heterocycles. The summed E-state index contributed by atoms with van der Waals surface area (Å²) in [6.45, 7) is 5.06. The van der Waals surface area contributed by atoms with Gasteiger partial charge in [0.15, 0.2) is 0 Å². The molecule has 1 rings (SSSR count). The van der Waals surface area contributed by atoms with Gasteiger partial charge in [0.1, 0.15) is 0 Å². The van der Waals surface area contributed by atoms with Gasteiger partial charge in [0.05, 0.1) is 41.2 Å². The Balaban J connectivity index is 2.83. The van der Waals surface area contributed by atoms with Gasteiger partial charge >= 0.3 is 0 Å². The molecule has 1 N–H and O–H groups in total. The van der Waals surface area contributed by atoms with Crippen LogP contribution in [0.15, 0.2) is 10.7 Å². The number of aliphatic hydroxyl groups is 1. The van der Waals surface area contributed by atoms with Gasteiger partial charge in [0, 0.05) is 20.6 Å². The van der Waals surface area contributed by atoms with E-state index in [0.717, 1.165) is 10.2 Å². The molecule has 1 unspecified atom stereocenters. The Kier molecular flexibility index (Phi) is 5.78. The molecule has 0 saturated heterocycles. The van der Waals surface area contributed by atoms with Gasteiger partial charge in [0.2, 0.25) is 0 Å². The van der Waals surface area contributed by atoms with Crippen molar-refractivity contribution in [1.29, 1.82) is 0 Å². The first-order valence-electron chi connectivity index (χ1n) is 5.84. The Morgan fingerprint density at radius 3 is 2.72 bits per heavy atom. The molecule has 0 fully saturated rings. The SMILES string of the molecule is COCCn1ncc(Br)c1C(O)CC(C)(C)OC. The predicted octanol–water partition coefficient (Wildman–Crippen LogP) is 2.14. The molecule has 0 saturated carbocycles. The van der Waals surface area contributed by atoms with Crippen molar-refractivity contribution in [2.24, 2.45) is 0 Å². The number of methoxy groups -OCH3 is 2. The van der Waals surface area contributed by atoms with Crippen LogP contribution in [-0.4, -0.2) is 41.3 Å². The van der Waals surface area contributed by atoms with Gasteiger partial charge in [-0.3, -0.25) is 4.68 Å². The number of hydrogen-bond acceptors (Lipinski definition) is 4. The molecule has 0 amide bonds. The summed E-state index contributed by atoms with van der Waals surface area (Å²) in [6, 6.07) is 0. The van der Waals surface area contributed by atoms with E-state index in [2.05, 4.69) is 21.0 Å². The molecule has 0 radical (unpaired) electrons. The van der Waals surface area contributed by atoms with Crippen molar-refractivity contribution in [3.8, 4) is 0 Å². The molecular formula is C12H21BrN2O3. The zero-order valence-electron chi connectivity index (χ0n) is 11.3. The fourth-order valence-electron chi connectivity index (χ4n) is 1.70.